The molecule has 2 N–H and O–H groups in total. The number of hydrogen-bond acceptors (Lipinski definition) is 5. The first kappa shape index (κ1) is 10.7. The van der Waals surface area contributed by atoms with Crippen LogP contribution in [0.4, 0.5) is 5.88 Å². The van der Waals surface area contributed by atoms with Gasteiger partial charge >= 0.3 is 0 Å². The normalized spacial score (nSPS) is 9.53. The Balaban J connectivity index is 2.20. The summed E-state index contributed by atoms with van der Waals surface area (Å²) in [4.78, 5) is 3.95. The molecule has 2 rings (SSSR count). The molecule has 0 spiro atoms. The van der Waals surface area contributed by atoms with Gasteiger partial charge in [0.05, 0.1) is 11.6 Å². The van der Waals surface area contributed by atoms with E-state index < -0.39 is 0 Å². The number of nitrogens with zero attached hydrogens (tertiary/aromatic N) is 3. The molecule has 0 aliphatic heterocycles. The van der Waals surface area contributed by atoms with Crippen molar-refractivity contribution in [1.82, 2.24) is 4.98 Å². The van der Waals surface area contributed by atoms with E-state index in [4.69, 9.17) is 20.7 Å². The Hall–Kier alpha value is -2.79. The summed E-state index contributed by atoms with van der Waals surface area (Å²) in [7, 11) is 0. The lowest BCUT2D eigenvalue weighted by Crippen LogP contribution is -1.88. The Morgan fingerprint density at radius 3 is 2.41 bits per heavy atom. The summed E-state index contributed by atoms with van der Waals surface area (Å²) < 4.78 is 5.15. The second-order valence-corrected chi connectivity index (χ2v) is 3.42. The van der Waals surface area contributed by atoms with Crippen LogP contribution in [0.3, 0.4) is 0 Å². The molecule has 0 fully saturated rings. The summed E-state index contributed by atoms with van der Waals surface area (Å²) in [6, 6.07) is 10.9. The molecule has 0 unspecified atom stereocenters. The van der Waals surface area contributed by atoms with Gasteiger partial charge in [-0.2, -0.15) is 10.5 Å². The fourth-order valence-corrected chi connectivity index (χ4v) is 1.41. The van der Waals surface area contributed by atoms with Crippen molar-refractivity contribution < 1.29 is 4.42 Å². The predicted molar refractivity (Wildman–Crippen MR) is 59.6 cm³/mol. The average Bonchev–Trinajstić information content (AvgIpc) is 2.70. The number of nitrogen functional groups attached to an aromatic ring is 1. The van der Waals surface area contributed by atoms with E-state index in [1.165, 1.54) is 0 Å². The van der Waals surface area contributed by atoms with Crippen molar-refractivity contribution in [3.05, 3.63) is 47.0 Å². The lowest BCUT2D eigenvalue weighted by molar-refractivity contribution is 0.523. The highest BCUT2D eigenvalue weighted by Gasteiger charge is 2.09. The van der Waals surface area contributed by atoms with Gasteiger partial charge in [-0.1, -0.05) is 12.1 Å². The monoisotopic (exact) mass is 224 g/mol. The SMILES string of the molecule is N#Cc1ccc(Cc2nc(C#N)c(N)o2)cc1. The average molecular weight is 224 g/mol. The smallest absolute Gasteiger partial charge is 0.229 e. The molecule has 1 aromatic heterocycles. The number of nitrogens with two attached hydrogens (primary N) is 1. The molecule has 0 amide bonds. The fourth-order valence-electron chi connectivity index (χ4n) is 1.41. The van der Waals surface area contributed by atoms with E-state index in [-0.39, 0.29) is 11.6 Å². The van der Waals surface area contributed by atoms with E-state index in [9.17, 15) is 0 Å². The molecule has 82 valence electrons. The zero-order chi connectivity index (χ0) is 12.3. The highest BCUT2D eigenvalue weighted by atomic mass is 16.4. The molecular formula is C12H8N4O. The molecule has 5 nitrogen and oxygen atoms in total. The maximum Gasteiger partial charge on any atom is 0.229 e. The van der Waals surface area contributed by atoms with E-state index in [0.29, 0.717) is 17.9 Å². The molecule has 2 aromatic rings. The summed E-state index contributed by atoms with van der Waals surface area (Å²) in [5, 5.41) is 17.3. The van der Waals surface area contributed by atoms with Crippen LogP contribution < -0.4 is 5.73 Å². The van der Waals surface area contributed by atoms with E-state index in [0.717, 1.165) is 5.56 Å². The van der Waals surface area contributed by atoms with Crippen molar-refractivity contribution in [2.45, 2.75) is 6.42 Å². The number of nitriles is 2. The van der Waals surface area contributed by atoms with Crippen molar-refractivity contribution in [3.8, 4) is 12.1 Å². The van der Waals surface area contributed by atoms with Crippen LogP contribution >= 0.6 is 0 Å². The van der Waals surface area contributed by atoms with E-state index in [1.807, 2.05) is 24.3 Å². The van der Waals surface area contributed by atoms with Crippen molar-refractivity contribution >= 4 is 5.88 Å². The van der Waals surface area contributed by atoms with Crippen molar-refractivity contribution in [1.29, 1.82) is 10.5 Å². The van der Waals surface area contributed by atoms with E-state index in [1.54, 1.807) is 12.1 Å². The molecule has 1 heterocycles. The number of oxazole rings is 1. The Kier molecular flexibility index (Phi) is 2.76. The molecule has 5 heteroatoms. The first-order valence-corrected chi connectivity index (χ1v) is 4.87. The number of aromatic nitrogens is 1. The third kappa shape index (κ3) is 2.24. The molecule has 0 bridgehead atoms. The number of benzene rings is 1. The van der Waals surface area contributed by atoms with Gasteiger partial charge in [-0.25, -0.2) is 4.98 Å². The molecule has 0 saturated heterocycles. The quantitative estimate of drug-likeness (QED) is 0.834. The van der Waals surface area contributed by atoms with E-state index in [2.05, 4.69) is 4.98 Å². The van der Waals surface area contributed by atoms with Gasteiger partial charge in [0.1, 0.15) is 6.07 Å². The van der Waals surface area contributed by atoms with Crippen LogP contribution in [-0.4, -0.2) is 4.98 Å². The Labute approximate surface area is 97.7 Å². The molecule has 17 heavy (non-hydrogen) atoms. The first-order chi connectivity index (χ1) is 8.22. The second kappa shape index (κ2) is 4.38. The first-order valence-electron chi connectivity index (χ1n) is 4.87. The minimum absolute atomic E-state index is 0.0381. The van der Waals surface area contributed by atoms with Gasteiger partial charge in [-0.05, 0) is 17.7 Å². The maximum atomic E-state index is 8.68. The highest BCUT2D eigenvalue weighted by Crippen LogP contribution is 2.15. The van der Waals surface area contributed by atoms with Gasteiger partial charge < -0.3 is 10.2 Å². The molecule has 1 aromatic carbocycles. The molecule has 0 aliphatic carbocycles. The summed E-state index contributed by atoms with van der Waals surface area (Å²) in [6.45, 7) is 0. The standard InChI is InChI=1S/C12H8N4O/c13-6-9-3-1-8(2-4-9)5-11-16-10(7-14)12(15)17-11/h1-4H,5,15H2. The third-order valence-corrected chi connectivity index (χ3v) is 2.24. The molecule has 0 saturated carbocycles. The minimum Gasteiger partial charge on any atom is -0.424 e. The largest absolute Gasteiger partial charge is 0.424 e. The highest BCUT2D eigenvalue weighted by molar-refractivity contribution is 5.41. The lowest BCUT2D eigenvalue weighted by Gasteiger charge is -1.96. The van der Waals surface area contributed by atoms with Gasteiger partial charge in [-0.3, -0.25) is 0 Å². The van der Waals surface area contributed by atoms with Crippen LogP contribution in [0.25, 0.3) is 0 Å². The number of rotatable bonds is 2. The van der Waals surface area contributed by atoms with Gasteiger partial charge in [0.2, 0.25) is 17.5 Å². The van der Waals surface area contributed by atoms with Gasteiger partial charge in [0, 0.05) is 6.42 Å². The summed E-state index contributed by atoms with van der Waals surface area (Å²) in [5.41, 5.74) is 7.10. The molecule has 0 atom stereocenters. The number of hydrogen-bond donors (Lipinski definition) is 1. The van der Waals surface area contributed by atoms with Crippen LogP contribution in [0, 0.1) is 22.7 Å². The zero-order valence-corrected chi connectivity index (χ0v) is 8.84. The Bertz CT molecular complexity index is 613. The maximum absolute atomic E-state index is 8.68. The van der Waals surface area contributed by atoms with Crippen LogP contribution in [0.5, 0.6) is 0 Å². The fraction of sp³-hybridized carbons (Fsp3) is 0.0833. The topological polar surface area (TPSA) is 99.6 Å². The van der Waals surface area contributed by atoms with Crippen molar-refractivity contribution in [2.75, 3.05) is 5.73 Å². The summed E-state index contributed by atoms with van der Waals surface area (Å²) in [6.07, 6.45) is 0.442. The van der Waals surface area contributed by atoms with Gasteiger partial charge in [-0.15, -0.1) is 0 Å². The second-order valence-electron chi connectivity index (χ2n) is 3.42. The molecule has 0 radical (unpaired) electrons. The third-order valence-electron chi connectivity index (χ3n) is 2.24. The predicted octanol–water partition coefficient (Wildman–Crippen LogP) is 1.59. The number of anilines is 1. The zero-order valence-electron chi connectivity index (χ0n) is 8.84. The Morgan fingerprint density at radius 1 is 1.18 bits per heavy atom. The van der Waals surface area contributed by atoms with Crippen LogP contribution in [0.1, 0.15) is 22.7 Å². The van der Waals surface area contributed by atoms with Crippen LogP contribution in [0.15, 0.2) is 28.7 Å². The summed E-state index contributed by atoms with van der Waals surface area (Å²) in [5.74, 6) is 0.430. The van der Waals surface area contributed by atoms with Crippen LogP contribution in [0.2, 0.25) is 0 Å². The molecular weight excluding hydrogens is 216 g/mol. The van der Waals surface area contributed by atoms with E-state index >= 15 is 0 Å². The van der Waals surface area contributed by atoms with Crippen molar-refractivity contribution in [2.24, 2.45) is 0 Å². The van der Waals surface area contributed by atoms with Crippen LogP contribution in [-0.2, 0) is 6.42 Å². The lowest BCUT2D eigenvalue weighted by atomic mass is 10.1. The van der Waals surface area contributed by atoms with Crippen molar-refractivity contribution in [3.63, 3.8) is 0 Å². The Morgan fingerprint density at radius 2 is 1.88 bits per heavy atom. The molecule has 0 aliphatic rings. The summed E-state index contributed by atoms with van der Waals surface area (Å²) >= 11 is 0. The van der Waals surface area contributed by atoms with Gasteiger partial charge in [0.25, 0.3) is 0 Å². The van der Waals surface area contributed by atoms with Gasteiger partial charge in [0.15, 0.2) is 0 Å². The minimum atomic E-state index is 0.0381.